The lowest BCUT2D eigenvalue weighted by Gasteiger charge is -2.24. The van der Waals surface area contributed by atoms with E-state index in [9.17, 15) is 31.1 Å². The predicted molar refractivity (Wildman–Crippen MR) is 159 cm³/mol. The number of aliphatic imine (C=N–C) groups is 1. The molecule has 45 heavy (non-hydrogen) atoms. The van der Waals surface area contributed by atoms with Crippen molar-refractivity contribution < 1.29 is 40.6 Å². The molecule has 6 rings (SSSR count). The van der Waals surface area contributed by atoms with Gasteiger partial charge < -0.3 is 19.4 Å². The zero-order valence-corrected chi connectivity index (χ0v) is 24.4. The van der Waals surface area contributed by atoms with Crippen molar-refractivity contribution in [2.75, 3.05) is 13.7 Å². The number of halogens is 6. The van der Waals surface area contributed by atoms with E-state index < -0.39 is 41.6 Å². The van der Waals surface area contributed by atoms with Gasteiger partial charge in [-0.2, -0.15) is 31.3 Å². The number of amides is 1. The van der Waals surface area contributed by atoms with Crippen molar-refractivity contribution in [2.45, 2.75) is 37.8 Å². The molecule has 1 unspecified atom stereocenters. The Morgan fingerprint density at radius 3 is 2.53 bits per heavy atom. The maximum absolute atomic E-state index is 13.5. The van der Waals surface area contributed by atoms with E-state index in [4.69, 9.17) is 9.47 Å². The van der Waals surface area contributed by atoms with Crippen LogP contribution in [0.25, 0.3) is 17.0 Å². The number of fused-ring (bicyclic) bond motifs is 1. The smallest absolute Gasteiger partial charge is 0.416 e. The predicted octanol–water partition coefficient (Wildman–Crippen LogP) is 8.60. The summed E-state index contributed by atoms with van der Waals surface area (Å²) in [6.07, 6.45) is -6.44. The molecule has 1 N–H and O–H groups in total. The number of rotatable bonds is 6. The third-order valence-corrected chi connectivity index (χ3v) is 8.65. The molecular formula is C32H25F6N3O3S. The monoisotopic (exact) mass is 645 g/mol. The second kappa shape index (κ2) is 11.8. The van der Waals surface area contributed by atoms with Crippen LogP contribution in [0.1, 0.15) is 46.8 Å². The summed E-state index contributed by atoms with van der Waals surface area (Å²) in [5.41, 5.74) is -0.646. The van der Waals surface area contributed by atoms with Gasteiger partial charge in [-0.25, -0.2) is 0 Å². The van der Waals surface area contributed by atoms with Crippen molar-refractivity contribution in [3.05, 3.63) is 99.6 Å². The molecule has 1 fully saturated rings. The number of carbonyl (C=O) groups excluding carboxylic acids is 1. The van der Waals surface area contributed by atoms with Crippen molar-refractivity contribution in [3.63, 3.8) is 0 Å². The number of carbonyl (C=O) groups is 1. The van der Waals surface area contributed by atoms with E-state index in [1.54, 1.807) is 18.2 Å². The number of nitrogens with one attached hydrogen (secondary N) is 1. The van der Waals surface area contributed by atoms with Crippen LogP contribution in [0.4, 0.5) is 26.3 Å². The standard InChI is InChI=1S/C32H25F6N3O3S/c1-43-27-13-18(8-11-26(27)44-17-20-9-10-21(31(33,34)35)16-22(20)32(36,37)38)14-28-29(42)40-30(45-28)41-12-4-7-25(41)24-15-19-5-2-3-6-23(19)39-24/h2-3,5-6,8-11,13-16,25,39H,4,7,12,17H2,1H3/b28-14+. The third-order valence-electron chi connectivity index (χ3n) is 7.63. The van der Waals surface area contributed by atoms with Crippen LogP contribution in [-0.2, 0) is 23.8 Å². The van der Waals surface area contributed by atoms with Gasteiger partial charge in [-0.05, 0) is 78.0 Å². The molecule has 0 saturated carbocycles. The largest absolute Gasteiger partial charge is 0.493 e. The Kier molecular flexibility index (Phi) is 8.06. The Balaban J connectivity index is 1.17. The first kappa shape index (κ1) is 30.6. The third kappa shape index (κ3) is 6.39. The zero-order chi connectivity index (χ0) is 31.9. The highest BCUT2D eigenvalue weighted by Crippen LogP contribution is 2.41. The van der Waals surface area contributed by atoms with Crippen LogP contribution in [0.3, 0.4) is 0 Å². The fourth-order valence-electron chi connectivity index (χ4n) is 5.46. The van der Waals surface area contributed by atoms with Crippen LogP contribution in [0.2, 0.25) is 0 Å². The second-order valence-electron chi connectivity index (χ2n) is 10.5. The molecule has 0 radical (unpaired) electrons. The molecule has 0 bridgehead atoms. The molecule has 0 spiro atoms. The van der Waals surface area contributed by atoms with Gasteiger partial charge in [0.2, 0.25) is 0 Å². The number of thioether (sulfide) groups is 1. The first-order valence-electron chi connectivity index (χ1n) is 13.9. The minimum absolute atomic E-state index is 0.0508. The maximum atomic E-state index is 13.5. The average molecular weight is 646 g/mol. The van der Waals surface area contributed by atoms with E-state index in [1.165, 1.54) is 24.9 Å². The summed E-state index contributed by atoms with van der Waals surface area (Å²) in [5, 5.41) is 1.72. The first-order valence-corrected chi connectivity index (χ1v) is 14.7. The van der Waals surface area contributed by atoms with Crippen LogP contribution in [0, 0.1) is 0 Å². The molecule has 0 aliphatic carbocycles. The molecular weight excluding hydrogens is 620 g/mol. The Morgan fingerprint density at radius 1 is 1.00 bits per heavy atom. The number of alkyl halides is 6. The lowest BCUT2D eigenvalue weighted by Crippen LogP contribution is -2.27. The number of hydrogen-bond donors (Lipinski definition) is 1. The molecule has 1 atom stereocenters. The lowest BCUT2D eigenvalue weighted by molar-refractivity contribution is -0.143. The molecule has 2 aliphatic heterocycles. The average Bonchev–Trinajstić information content (AvgIpc) is 3.73. The second-order valence-corrected chi connectivity index (χ2v) is 11.5. The Hall–Kier alpha value is -4.39. The molecule has 234 valence electrons. The van der Waals surface area contributed by atoms with Crippen LogP contribution in [0.5, 0.6) is 11.5 Å². The van der Waals surface area contributed by atoms with Crippen LogP contribution in [0.15, 0.2) is 76.6 Å². The van der Waals surface area contributed by atoms with Crippen LogP contribution in [-0.4, -0.2) is 34.6 Å². The van der Waals surface area contributed by atoms with Gasteiger partial charge in [-0.1, -0.05) is 30.3 Å². The number of nitrogens with zero attached hydrogens (tertiary/aromatic N) is 2. The van der Waals surface area contributed by atoms with E-state index in [2.05, 4.69) is 20.9 Å². The number of para-hydroxylation sites is 1. The van der Waals surface area contributed by atoms with E-state index in [0.29, 0.717) is 21.7 Å². The molecule has 3 aromatic carbocycles. The number of ether oxygens (including phenoxy) is 2. The highest BCUT2D eigenvalue weighted by atomic mass is 32.2. The van der Waals surface area contributed by atoms with Gasteiger partial charge in [0.05, 0.1) is 29.2 Å². The number of hydrogen-bond acceptors (Lipinski definition) is 5. The van der Waals surface area contributed by atoms with Crippen LogP contribution >= 0.6 is 11.8 Å². The summed E-state index contributed by atoms with van der Waals surface area (Å²) in [7, 11) is 1.34. The van der Waals surface area contributed by atoms with Gasteiger partial charge in [0.1, 0.15) is 6.61 Å². The molecule has 1 saturated heterocycles. The van der Waals surface area contributed by atoms with Gasteiger partial charge in [-0.15, -0.1) is 0 Å². The van der Waals surface area contributed by atoms with Crippen LogP contribution < -0.4 is 9.47 Å². The van der Waals surface area contributed by atoms with E-state index in [0.717, 1.165) is 42.0 Å². The Bertz CT molecular complexity index is 1800. The zero-order valence-electron chi connectivity index (χ0n) is 23.6. The highest BCUT2D eigenvalue weighted by Gasteiger charge is 2.38. The fraction of sp³-hybridized carbons (Fsp3) is 0.250. The maximum Gasteiger partial charge on any atom is 0.416 e. The number of aromatic nitrogens is 1. The molecule has 6 nitrogen and oxygen atoms in total. The summed E-state index contributed by atoms with van der Waals surface area (Å²) < 4.78 is 90.6. The number of aromatic amines is 1. The lowest BCUT2D eigenvalue weighted by atomic mass is 10.0. The van der Waals surface area contributed by atoms with E-state index in [1.807, 2.05) is 24.3 Å². The van der Waals surface area contributed by atoms with Gasteiger partial charge in [0.25, 0.3) is 5.91 Å². The quantitative estimate of drug-likeness (QED) is 0.168. The summed E-state index contributed by atoms with van der Waals surface area (Å²) in [5.74, 6) is -0.147. The molecule has 1 amide bonds. The van der Waals surface area contributed by atoms with E-state index in [-0.39, 0.29) is 23.6 Å². The minimum Gasteiger partial charge on any atom is -0.493 e. The number of likely N-dealkylation sites (tertiary alicyclic amines) is 1. The topological polar surface area (TPSA) is 66.9 Å². The summed E-state index contributed by atoms with van der Waals surface area (Å²) >= 11 is 1.26. The van der Waals surface area contributed by atoms with Crippen molar-refractivity contribution in [2.24, 2.45) is 4.99 Å². The van der Waals surface area contributed by atoms with Gasteiger partial charge in [0.15, 0.2) is 16.7 Å². The number of amidine groups is 1. The molecule has 4 aromatic rings. The Labute approximate surface area is 257 Å². The number of benzene rings is 3. The number of H-pyrrole nitrogens is 1. The van der Waals surface area contributed by atoms with Gasteiger partial charge >= 0.3 is 12.4 Å². The number of methoxy groups -OCH3 is 1. The van der Waals surface area contributed by atoms with Crippen molar-refractivity contribution in [3.8, 4) is 11.5 Å². The summed E-state index contributed by atoms with van der Waals surface area (Å²) in [6, 6.07) is 16.2. The van der Waals surface area contributed by atoms with Gasteiger partial charge in [-0.3, -0.25) is 4.79 Å². The minimum atomic E-state index is -5.02. The fourth-order valence-corrected chi connectivity index (χ4v) is 6.45. The molecule has 3 heterocycles. The normalized spacial score (nSPS) is 18.2. The Morgan fingerprint density at radius 2 is 1.80 bits per heavy atom. The first-order chi connectivity index (χ1) is 21.4. The summed E-state index contributed by atoms with van der Waals surface area (Å²) in [6.45, 7) is 0.101. The molecule has 1 aromatic heterocycles. The van der Waals surface area contributed by atoms with E-state index >= 15 is 0 Å². The highest BCUT2D eigenvalue weighted by molar-refractivity contribution is 8.18. The van der Waals surface area contributed by atoms with Crippen molar-refractivity contribution >= 4 is 39.8 Å². The summed E-state index contributed by atoms with van der Waals surface area (Å²) in [4.78, 5) is 23.2. The molecule has 2 aliphatic rings. The van der Waals surface area contributed by atoms with Crippen molar-refractivity contribution in [1.29, 1.82) is 0 Å². The molecule has 13 heteroatoms. The van der Waals surface area contributed by atoms with Crippen molar-refractivity contribution in [1.82, 2.24) is 9.88 Å². The van der Waals surface area contributed by atoms with Gasteiger partial charge in [0, 0.05) is 23.3 Å². The SMILES string of the molecule is COc1cc(/C=C2/SC(N3CCCC3c3cc4ccccc4[nH]3)=NC2=O)ccc1OCc1ccc(C(F)(F)F)cc1C(F)(F)F.